The minimum atomic E-state index is -0.838. The molecule has 11 heavy (non-hydrogen) atoms. The summed E-state index contributed by atoms with van der Waals surface area (Å²) in [7, 11) is 0. The highest BCUT2D eigenvalue weighted by molar-refractivity contribution is 14.1. The van der Waals surface area contributed by atoms with Crippen LogP contribution in [-0.4, -0.2) is 17.7 Å². The van der Waals surface area contributed by atoms with Gasteiger partial charge in [-0.2, -0.15) is 0 Å². The summed E-state index contributed by atoms with van der Waals surface area (Å²) < 4.78 is 8.78. The Kier molecular flexibility index (Phi) is 5.63. The molecule has 62 valence electrons. The second kappa shape index (κ2) is 6.02. The van der Waals surface area contributed by atoms with Crippen molar-refractivity contribution in [1.82, 2.24) is 0 Å². The van der Waals surface area contributed by atoms with Crippen molar-refractivity contribution in [2.45, 2.75) is 0 Å². The number of aliphatic hydroxyl groups is 1. The maximum Gasteiger partial charge on any atom is 0.386 e. The Morgan fingerprint density at radius 1 is 1.73 bits per heavy atom. The molecule has 0 rings (SSSR count). The lowest BCUT2D eigenvalue weighted by molar-refractivity contribution is -0.130. The van der Waals surface area contributed by atoms with E-state index in [0.29, 0.717) is 0 Å². The van der Waals surface area contributed by atoms with Crippen LogP contribution in [0, 0.1) is 0 Å². The molecule has 0 aliphatic rings. The van der Waals surface area contributed by atoms with Crippen LogP contribution in [0.15, 0.2) is 24.7 Å². The average molecular weight is 270 g/mol. The topological polar surface area (TPSA) is 55.8 Å². The first kappa shape index (κ1) is 10.3. The van der Waals surface area contributed by atoms with E-state index in [4.69, 9.17) is 5.11 Å². The normalized spacial score (nSPS) is 10.5. The monoisotopic (exact) mass is 270 g/mol. The Hall–Kier alpha value is -0.720. The van der Waals surface area contributed by atoms with Gasteiger partial charge < -0.3 is 12.9 Å². The second-order valence-corrected chi connectivity index (χ2v) is 1.93. The van der Waals surface area contributed by atoms with E-state index >= 15 is 0 Å². The van der Waals surface area contributed by atoms with Gasteiger partial charge in [0.1, 0.15) is 12.9 Å². The van der Waals surface area contributed by atoms with Gasteiger partial charge in [-0.3, -0.25) is 0 Å². The average Bonchev–Trinajstić information content (AvgIpc) is 2.03. The van der Waals surface area contributed by atoms with Crippen molar-refractivity contribution in [2.24, 2.45) is 0 Å². The Bertz CT molecular complexity index is 175. The molecule has 0 bridgehead atoms. The van der Waals surface area contributed by atoms with Crippen molar-refractivity contribution in [1.29, 1.82) is 0 Å². The van der Waals surface area contributed by atoms with E-state index < -0.39 is 11.7 Å². The van der Waals surface area contributed by atoms with Gasteiger partial charge in [0.25, 0.3) is 0 Å². The molecule has 0 aliphatic carbocycles. The molecule has 0 aromatic rings. The van der Waals surface area contributed by atoms with E-state index in [-0.39, 0.29) is 6.61 Å². The van der Waals surface area contributed by atoms with Gasteiger partial charge in [-0.1, -0.05) is 12.7 Å². The summed E-state index contributed by atoms with van der Waals surface area (Å²) >= 11 is 1.36. The summed E-state index contributed by atoms with van der Waals surface area (Å²) in [4.78, 5) is 10.5. The molecule has 0 spiro atoms. The zero-order chi connectivity index (χ0) is 8.69. The molecule has 0 aliphatic heterocycles. The summed E-state index contributed by atoms with van der Waals surface area (Å²) in [5.41, 5.74) is 0. The highest BCUT2D eigenvalue weighted by Crippen LogP contribution is 1.97. The van der Waals surface area contributed by atoms with Crippen molar-refractivity contribution in [3.63, 3.8) is 0 Å². The summed E-state index contributed by atoms with van der Waals surface area (Å²) in [5.74, 6) is -1.41. The molecule has 0 atom stereocenters. The molecule has 0 saturated carbocycles. The van der Waals surface area contributed by atoms with E-state index in [9.17, 15) is 4.79 Å². The van der Waals surface area contributed by atoms with E-state index in [1.807, 2.05) is 0 Å². The van der Waals surface area contributed by atoms with Gasteiger partial charge in [0.05, 0.1) is 0 Å². The largest absolute Gasteiger partial charge is 0.500 e. The van der Waals surface area contributed by atoms with Crippen LogP contribution in [0.4, 0.5) is 0 Å². The van der Waals surface area contributed by atoms with Crippen molar-refractivity contribution < 1.29 is 17.7 Å². The summed E-state index contributed by atoms with van der Waals surface area (Å²) in [6, 6.07) is 0. The molecule has 0 fully saturated rings. The highest BCUT2D eigenvalue weighted by Gasteiger charge is 2.06. The van der Waals surface area contributed by atoms with Gasteiger partial charge in [-0.15, -0.1) is 0 Å². The van der Waals surface area contributed by atoms with Crippen molar-refractivity contribution in [2.75, 3.05) is 6.61 Å². The van der Waals surface area contributed by atoms with E-state index in [1.165, 1.54) is 29.1 Å². The highest BCUT2D eigenvalue weighted by atomic mass is 127. The molecule has 0 aromatic heterocycles. The third kappa shape index (κ3) is 4.65. The Morgan fingerprint density at radius 3 is 2.82 bits per heavy atom. The predicted octanol–water partition coefficient (Wildman–Crippen LogP) is 1.48. The molecule has 1 N–H and O–H groups in total. The first-order valence-corrected chi connectivity index (χ1v) is 3.55. The van der Waals surface area contributed by atoms with Gasteiger partial charge in [-0.25, -0.2) is 4.79 Å². The van der Waals surface area contributed by atoms with Crippen LogP contribution in [0.3, 0.4) is 0 Å². The molecule has 5 heteroatoms. The standard InChI is InChI=1S/C6H7IO4/c1-2-3-10-4-5(8)6(9)11-7/h2,4,8H,1,3H2. The van der Waals surface area contributed by atoms with Gasteiger partial charge in [0.2, 0.25) is 5.76 Å². The molecular weight excluding hydrogens is 263 g/mol. The maximum atomic E-state index is 10.5. The maximum absolute atomic E-state index is 10.5. The number of aliphatic hydroxyl groups excluding tert-OH is 1. The fraction of sp³-hybridized carbons (Fsp3) is 0.167. The number of hydrogen-bond donors (Lipinski definition) is 1. The first-order chi connectivity index (χ1) is 5.22. The third-order valence-electron chi connectivity index (χ3n) is 0.688. The Balaban J connectivity index is 3.79. The first-order valence-electron chi connectivity index (χ1n) is 2.67. The zero-order valence-corrected chi connectivity index (χ0v) is 7.78. The lowest BCUT2D eigenvalue weighted by Gasteiger charge is -1.95. The molecule has 0 unspecified atom stereocenters. The van der Waals surface area contributed by atoms with Gasteiger partial charge in [0.15, 0.2) is 23.0 Å². The SMILES string of the molecule is C=CCOC=C(O)C(=O)OI. The molecule has 0 radical (unpaired) electrons. The summed E-state index contributed by atoms with van der Waals surface area (Å²) in [6.07, 6.45) is 2.39. The molecular formula is C6H7IO4. The van der Waals surface area contributed by atoms with E-state index in [2.05, 4.69) is 14.4 Å². The van der Waals surface area contributed by atoms with Gasteiger partial charge in [-0.05, 0) is 0 Å². The smallest absolute Gasteiger partial charge is 0.386 e. The summed E-state index contributed by atoms with van der Waals surface area (Å²) in [5, 5.41) is 8.77. The van der Waals surface area contributed by atoms with Crippen LogP contribution in [0.1, 0.15) is 0 Å². The van der Waals surface area contributed by atoms with Gasteiger partial charge in [0, 0.05) is 0 Å². The predicted molar refractivity (Wildman–Crippen MR) is 47.0 cm³/mol. The number of carbonyl (C=O) groups excluding carboxylic acids is 1. The number of carbonyl (C=O) groups is 1. The minimum Gasteiger partial charge on any atom is -0.500 e. The van der Waals surface area contributed by atoms with Crippen LogP contribution < -0.4 is 0 Å². The second-order valence-electron chi connectivity index (χ2n) is 1.49. The number of rotatable bonds is 4. The fourth-order valence-electron chi connectivity index (χ4n) is 0.283. The van der Waals surface area contributed by atoms with Crippen molar-refractivity contribution in [3.8, 4) is 0 Å². The van der Waals surface area contributed by atoms with Crippen LogP contribution in [0.25, 0.3) is 0 Å². The molecule has 0 amide bonds. The molecule has 0 saturated heterocycles. The Labute approximate surface area is 78.2 Å². The third-order valence-corrected chi connectivity index (χ3v) is 1.09. The van der Waals surface area contributed by atoms with Gasteiger partial charge >= 0.3 is 5.97 Å². The lowest BCUT2D eigenvalue weighted by atomic mass is 10.6. The van der Waals surface area contributed by atoms with Crippen molar-refractivity contribution in [3.05, 3.63) is 24.7 Å². The minimum absolute atomic E-state index is 0.235. The number of hydrogen-bond acceptors (Lipinski definition) is 4. The Morgan fingerprint density at radius 2 is 2.36 bits per heavy atom. The molecule has 4 nitrogen and oxygen atoms in total. The summed E-state index contributed by atoms with van der Waals surface area (Å²) in [6.45, 7) is 3.60. The molecule has 0 heterocycles. The quantitative estimate of drug-likeness (QED) is 0.276. The number of ether oxygens (including phenoxy) is 1. The van der Waals surface area contributed by atoms with Crippen LogP contribution in [-0.2, 0) is 12.6 Å². The van der Waals surface area contributed by atoms with Crippen LogP contribution in [0.5, 0.6) is 0 Å². The lowest BCUT2D eigenvalue weighted by Crippen LogP contribution is -2.01. The van der Waals surface area contributed by atoms with Crippen LogP contribution >= 0.6 is 23.0 Å². The van der Waals surface area contributed by atoms with Crippen molar-refractivity contribution >= 4 is 29.0 Å². The molecule has 0 aromatic carbocycles. The van der Waals surface area contributed by atoms with E-state index in [1.54, 1.807) is 0 Å². The zero-order valence-electron chi connectivity index (χ0n) is 5.62. The van der Waals surface area contributed by atoms with Crippen LogP contribution in [0.2, 0.25) is 0 Å². The van der Waals surface area contributed by atoms with E-state index in [0.717, 1.165) is 6.26 Å². The number of halogens is 1. The fourth-order valence-corrected chi connectivity index (χ4v) is 0.508.